The average Bonchev–Trinajstić information content (AvgIpc) is 2.26. The van der Waals surface area contributed by atoms with Crippen LogP contribution in [0.1, 0.15) is 31.4 Å². The number of hydrogen-bond donors (Lipinski definition) is 2. The van der Waals surface area contributed by atoms with Gasteiger partial charge in [0.1, 0.15) is 5.41 Å². The van der Waals surface area contributed by atoms with Gasteiger partial charge in [-0.25, -0.2) is 0 Å². The third-order valence-electron chi connectivity index (χ3n) is 3.12. The van der Waals surface area contributed by atoms with Crippen LogP contribution in [0.5, 0.6) is 0 Å². The monoisotopic (exact) mass is 235 g/mol. The van der Waals surface area contributed by atoms with Gasteiger partial charge in [0.25, 0.3) is 0 Å². The Hall–Kier alpha value is -1.35. The summed E-state index contributed by atoms with van der Waals surface area (Å²) in [6, 6.07) is 7.61. The first-order valence-electron chi connectivity index (χ1n) is 5.93. The van der Waals surface area contributed by atoms with Gasteiger partial charge in [-0.1, -0.05) is 43.7 Å². The molecule has 0 spiro atoms. The third kappa shape index (κ3) is 2.86. The molecular weight excluding hydrogens is 214 g/mol. The number of benzene rings is 1. The number of nitrogens with two attached hydrogens (primary N) is 1. The number of carboxylic acids is 1. The van der Waals surface area contributed by atoms with Crippen LogP contribution in [-0.4, -0.2) is 17.6 Å². The lowest BCUT2D eigenvalue weighted by molar-refractivity contribution is -0.144. The Kier molecular flexibility index (Phi) is 4.29. The van der Waals surface area contributed by atoms with Crippen LogP contribution in [0.3, 0.4) is 0 Å². The highest BCUT2D eigenvalue weighted by molar-refractivity contribution is 5.81. The summed E-state index contributed by atoms with van der Waals surface area (Å²) >= 11 is 0. The molecule has 1 unspecified atom stereocenters. The van der Waals surface area contributed by atoms with Crippen LogP contribution >= 0.6 is 0 Å². The van der Waals surface area contributed by atoms with Gasteiger partial charge in [-0.15, -0.1) is 0 Å². The maximum Gasteiger partial charge on any atom is 0.315 e. The lowest BCUT2D eigenvalue weighted by Gasteiger charge is -2.30. The number of rotatable bonds is 5. The van der Waals surface area contributed by atoms with Crippen LogP contribution in [0.25, 0.3) is 0 Å². The smallest absolute Gasteiger partial charge is 0.315 e. The SMILES string of the molecule is Cc1ccc(C(CN)(CC(C)C)C(=O)O)cc1. The van der Waals surface area contributed by atoms with Crippen LogP contribution in [-0.2, 0) is 10.2 Å². The van der Waals surface area contributed by atoms with Crippen molar-refractivity contribution < 1.29 is 9.90 Å². The molecule has 0 aliphatic rings. The first-order chi connectivity index (χ1) is 7.92. The van der Waals surface area contributed by atoms with Crippen molar-refractivity contribution in [2.45, 2.75) is 32.6 Å². The summed E-state index contributed by atoms with van der Waals surface area (Å²) in [5.41, 5.74) is 6.71. The van der Waals surface area contributed by atoms with Crippen molar-refractivity contribution in [3.8, 4) is 0 Å². The van der Waals surface area contributed by atoms with E-state index in [0.29, 0.717) is 6.42 Å². The Labute approximate surface area is 103 Å². The molecule has 1 atom stereocenters. The quantitative estimate of drug-likeness (QED) is 0.823. The van der Waals surface area contributed by atoms with Gasteiger partial charge in [-0.3, -0.25) is 4.79 Å². The van der Waals surface area contributed by atoms with Crippen molar-refractivity contribution in [1.29, 1.82) is 0 Å². The van der Waals surface area contributed by atoms with E-state index in [-0.39, 0.29) is 12.5 Å². The standard InChI is InChI=1S/C14H21NO2/c1-10(2)8-14(9-15,13(16)17)12-6-4-11(3)5-7-12/h4-7,10H,8-9,15H2,1-3H3,(H,16,17). The molecule has 0 radical (unpaired) electrons. The normalized spacial score (nSPS) is 14.6. The predicted molar refractivity (Wildman–Crippen MR) is 69.0 cm³/mol. The number of hydrogen-bond acceptors (Lipinski definition) is 2. The van der Waals surface area contributed by atoms with Crippen molar-refractivity contribution in [3.63, 3.8) is 0 Å². The molecule has 0 aromatic heterocycles. The molecule has 17 heavy (non-hydrogen) atoms. The van der Waals surface area contributed by atoms with Crippen molar-refractivity contribution >= 4 is 5.97 Å². The van der Waals surface area contributed by atoms with Crippen LogP contribution < -0.4 is 5.73 Å². The highest BCUT2D eigenvalue weighted by atomic mass is 16.4. The van der Waals surface area contributed by atoms with E-state index in [9.17, 15) is 9.90 Å². The van der Waals surface area contributed by atoms with Gasteiger partial charge in [0, 0.05) is 6.54 Å². The van der Waals surface area contributed by atoms with Crippen molar-refractivity contribution in [2.24, 2.45) is 11.7 Å². The molecule has 0 fully saturated rings. The molecule has 0 amide bonds. The van der Waals surface area contributed by atoms with Crippen LogP contribution in [0.2, 0.25) is 0 Å². The summed E-state index contributed by atoms with van der Waals surface area (Å²) in [7, 11) is 0. The summed E-state index contributed by atoms with van der Waals surface area (Å²) < 4.78 is 0. The molecule has 1 rings (SSSR count). The minimum Gasteiger partial charge on any atom is -0.481 e. The summed E-state index contributed by atoms with van der Waals surface area (Å²) in [5.74, 6) is -0.548. The number of aliphatic carboxylic acids is 1. The Morgan fingerprint density at radius 3 is 2.24 bits per heavy atom. The zero-order valence-corrected chi connectivity index (χ0v) is 10.7. The fourth-order valence-corrected chi connectivity index (χ4v) is 2.19. The number of carboxylic acid groups (broad SMARTS) is 1. The van der Waals surface area contributed by atoms with Gasteiger partial charge in [-0.2, -0.15) is 0 Å². The summed E-state index contributed by atoms with van der Waals surface area (Å²) in [6.07, 6.45) is 0.557. The van der Waals surface area contributed by atoms with Crippen molar-refractivity contribution in [2.75, 3.05) is 6.54 Å². The largest absolute Gasteiger partial charge is 0.481 e. The Morgan fingerprint density at radius 1 is 1.35 bits per heavy atom. The van der Waals surface area contributed by atoms with Gasteiger partial charge >= 0.3 is 5.97 Å². The molecule has 3 heteroatoms. The summed E-state index contributed by atoms with van der Waals surface area (Å²) in [4.78, 5) is 11.6. The second kappa shape index (κ2) is 5.32. The number of aryl methyl sites for hydroxylation is 1. The molecule has 0 saturated heterocycles. The Morgan fingerprint density at radius 2 is 1.88 bits per heavy atom. The van der Waals surface area contributed by atoms with Gasteiger partial charge in [0.2, 0.25) is 0 Å². The molecule has 1 aromatic rings. The highest BCUT2D eigenvalue weighted by Crippen LogP contribution is 2.31. The minimum absolute atomic E-state index is 0.129. The average molecular weight is 235 g/mol. The van der Waals surface area contributed by atoms with E-state index < -0.39 is 11.4 Å². The van der Waals surface area contributed by atoms with E-state index in [0.717, 1.165) is 11.1 Å². The fraction of sp³-hybridized carbons (Fsp3) is 0.500. The highest BCUT2D eigenvalue weighted by Gasteiger charge is 2.39. The molecule has 94 valence electrons. The van der Waals surface area contributed by atoms with Gasteiger partial charge in [0.05, 0.1) is 0 Å². The van der Waals surface area contributed by atoms with E-state index in [1.165, 1.54) is 0 Å². The van der Waals surface area contributed by atoms with E-state index in [1.807, 2.05) is 45.0 Å². The molecule has 0 saturated carbocycles. The fourth-order valence-electron chi connectivity index (χ4n) is 2.19. The Balaban J connectivity index is 3.21. The van der Waals surface area contributed by atoms with Gasteiger partial charge in [-0.05, 0) is 24.8 Å². The van der Waals surface area contributed by atoms with Crippen LogP contribution in [0.15, 0.2) is 24.3 Å². The van der Waals surface area contributed by atoms with Crippen molar-refractivity contribution in [3.05, 3.63) is 35.4 Å². The summed E-state index contributed by atoms with van der Waals surface area (Å²) in [5, 5.41) is 9.52. The molecule has 3 N–H and O–H groups in total. The lowest BCUT2D eigenvalue weighted by atomic mass is 9.74. The second-order valence-electron chi connectivity index (χ2n) is 5.06. The summed E-state index contributed by atoms with van der Waals surface area (Å²) in [6.45, 7) is 6.14. The third-order valence-corrected chi connectivity index (χ3v) is 3.12. The molecule has 3 nitrogen and oxygen atoms in total. The molecule has 0 heterocycles. The van der Waals surface area contributed by atoms with Gasteiger partial charge < -0.3 is 10.8 Å². The lowest BCUT2D eigenvalue weighted by Crippen LogP contribution is -2.44. The second-order valence-corrected chi connectivity index (χ2v) is 5.06. The van der Waals surface area contributed by atoms with E-state index in [4.69, 9.17) is 5.73 Å². The van der Waals surface area contributed by atoms with Crippen LogP contribution in [0.4, 0.5) is 0 Å². The molecule has 0 aliphatic carbocycles. The maximum absolute atomic E-state index is 11.6. The molecule has 0 bridgehead atoms. The molecule has 1 aromatic carbocycles. The van der Waals surface area contributed by atoms with Crippen molar-refractivity contribution in [1.82, 2.24) is 0 Å². The first-order valence-corrected chi connectivity index (χ1v) is 5.93. The predicted octanol–water partition coefficient (Wildman–Crippen LogP) is 2.32. The zero-order valence-electron chi connectivity index (χ0n) is 10.7. The van der Waals surface area contributed by atoms with Crippen LogP contribution in [0, 0.1) is 12.8 Å². The molecular formula is C14H21NO2. The minimum atomic E-state index is -0.956. The number of carbonyl (C=O) groups is 1. The van der Waals surface area contributed by atoms with Gasteiger partial charge in [0.15, 0.2) is 0 Å². The molecule has 0 aliphatic heterocycles. The van der Waals surface area contributed by atoms with E-state index in [1.54, 1.807) is 0 Å². The zero-order chi connectivity index (χ0) is 13.1. The Bertz CT molecular complexity index is 384. The van der Waals surface area contributed by atoms with E-state index in [2.05, 4.69) is 0 Å². The maximum atomic E-state index is 11.6. The first kappa shape index (κ1) is 13.7. The van der Waals surface area contributed by atoms with E-state index >= 15 is 0 Å². The topological polar surface area (TPSA) is 63.3 Å².